The standard InChI is InChI=1S/C12H14FNO4/c1-17-11-9(12(15)16)6-8(7-10(11)13)14-2-4-18-5-3-14/h6-7H,2-5H2,1H3,(H,15,16). The highest BCUT2D eigenvalue weighted by Gasteiger charge is 2.20. The molecule has 1 aromatic carbocycles. The molecule has 0 saturated carbocycles. The maximum atomic E-state index is 13.8. The molecule has 1 fully saturated rings. The van der Waals surface area contributed by atoms with Gasteiger partial charge in [0.25, 0.3) is 0 Å². The van der Waals surface area contributed by atoms with Crippen LogP contribution in [0.3, 0.4) is 0 Å². The Morgan fingerprint density at radius 3 is 2.67 bits per heavy atom. The molecule has 98 valence electrons. The van der Waals surface area contributed by atoms with E-state index in [0.717, 1.165) is 0 Å². The zero-order valence-corrected chi connectivity index (χ0v) is 9.98. The fourth-order valence-electron chi connectivity index (χ4n) is 1.95. The van der Waals surface area contributed by atoms with Crippen molar-refractivity contribution in [3.8, 4) is 5.75 Å². The third kappa shape index (κ3) is 2.38. The van der Waals surface area contributed by atoms with Crippen molar-refractivity contribution < 1.29 is 23.8 Å². The van der Waals surface area contributed by atoms with Crippen molar-refractivity contribution in [2.75, 3.05) is 38.3 Å². The fraction of sp³-hybridized carbons (Fsp3) is 0.417. The van der Waals surface area contributed by atoms with Crippen molar-refractivity contribution in [2.24, 2.45) is 0 Å². The zero-order valence-electron chi connectivity index (χ0n) is 9.98. The summed E-state index contributed by atoms with van der Waals surface area (Å²) in [5.41, 5.74) is 0.369. The van der Waals surface area contributed by atoms with Crippen molar-refractivity contribution in [2.45, 2.75) is 0 Å². The predicted octanol–water partition coefficient (Wildman–Crippen LogP) is 1.37. The Labute approximate surface area is 104 Å². The van der Waals surface area contributed by atoms with Gasteiger partial charge in [-0.25, -0.2) is 9.18 Å². The Balaban J connectivity index is 2.40. The molecule has 18 heavy (non-hydrogen) atoms. The number of carbonyl (C=O) groups is 1. The third-order valence-electron chi connectivity index (χ3n) is 2.84. The Morgan fingerprint density at radius 1 is 1.44 bits per heavy atom. The first-order valence-electron chi connectivity index (χ1n) is 5.57. The highest BCUT2D eigenvalue weighted by Crippen LogP contribution is 2.29. The minimum Gasteiger partial charge on any atom is -0.493 e. The normalized spacial score (nSPS) is 15.6. The molecule has 0 atom stereocenters. The molecular formula is C12H14FNO4. The maximum absolute atomic E-state index is 13.8. The number of morpholine rings is 1. The van der Waals surface area contributed by atoms with E-state index in [9.17, 15) is 9.18 Å². The number of carboxylic acids is 1. The molecule has 1 aliphatic rings. The number of hydrogen-bond donors (Lipinski definition) is 1. The SMILES string of the molecule is COc1c(F)cc(N2CCOCC2)cc1C(=O)O. The molecule has 6 heteroatoms. The van der Waals surface area contributed by atoms with Crippen LogP contribution in [0, 0.1) is 5.82 Å². The fourth-order valence-corrected chi connectivity index (χ4v) is 1.95. The molecule has 1 heterocycles. The van der Waals surface area contributed by atoms with Crippen LogP contribution in [0.25, 0.3) is 0 Å². The van der Waals surface area contributed by atoms with Gasteiger partial charge < -0.3 is 19.5 Å². The largest absolute Gasteiger partial charge is 0.493 e. The molecule has 0 aromatic heterocycles. The van der Waals surface area contributed by atoms with Gasteiger partial charge in [-0.1, -0.05) is 0 Å². The van der Waals surface area contributed by atoms with Crippen molar-refractivity contribution >= 4 is 11.7 Å². The minimum absolute atomic E-state index is 0.168. The molecule has 0 bridgehead atoms. The summed E-state index contributed by atoms with van der Waals surface area (Å²) in [5, 5.41) is 9.05. The molecule has 1 aromatic rings. The summed E-state index contributed by atoms with van der Waals surface area (Å²) in [6.07, 6.45) is 0. The molecule has 5 nitrogen and oxygen atoms in total. The van der Waals surface area contributed by atoms with Crippen LogP contribution in [0.2, 0.25) is 0 Å². The van der Waals surface area contributed by atoms with Crippen LogP contribution in [0.5, 0.6) is 5.75 Å². The second-order valence-electron chi connectivity index (χ2n) is 3.91. The van der Waals surface area contributed by atoms with Crippen molar-refractivity contribution in [3.05, 3.63) is 23.5 Å². The molecule has 0 amide bonds. The maximum Gasteiger partial charge on any atom is 0.339 e. The highest BCUT2D eigenvalue weighted by molar-refractivity contribution is 5.92. The second kappa shape index (κ2) is 5.22. The van der Waals surface area contributed by atoms with Gasteiger partial charge in [0.2, 0.25) is 0 Å². The quantitative estimate of drug-likeness (QED) is 0.884. The Hall–Kier alpha value is -1.82. The summed E-state index contributed by atoms with van der Waals surface area (Å²) in [6, 6.07) is 2.71. The highest BCUT2D eigenvalue weighted by atomic mass is 19.1. The van der Waals surface area contributed by atoms with Gasteiger partial charge in [-0.3, -0.25) is 0 Å². The van der Waals surface area contributed by atoms with Crippen molar-refractivity contribution in [3.63, 3.8) is 0 Å². The molecule has 0 radical (unpaired) electrons. The summed E-state index contributed by atoms with van der Waals surface area (Å²) in [5.74, 6) is -2.11. The van der Waals surface area contributed by atoms with Gasteiger partial charge in [0.05, 0.1) is 20.3 Å². The predicted molar refractivity (Wildman–Crippen MR) is 62.9 cm³/mol. The first-order valence-corrected chi connectivity index (χ1v) is 5.57. The zero-order chi connectivity index (χ0) is 13.1. The molecule has 0 unspecified atom stereocenters. The Bertz CT molecular complexity index is 458. The number of benzene rings is 1. The number of aromatic carboxylic acids is 1. The summed E-state index contributed by atoms with van der Waals surface area (Å²) in [6.45, 7) is 2.34. The van der Waals surface area contributed by atoms with E-state index in [1.165, 1.54) is 19.2 Å². The lowest BCUT2D eigenvalue weighted by atomic mass is 10.1. The monoisotopic (exact) mass is 255 g/mol. The number of ether oxygens (including phenoxy) is 2. The first kappa shape index (κ1) is 12.6. The topological polar surface area (TPSA) is 59.0 Å². The average Bonchev–Trinajstić information content (AvgIpc) is 2.38. The van der Waals surface area contributed by atoms with Crippen LogP contribution >= 0.6 is 0 Å². The van der Waals surface area contributed by atoms with Crippen LogP contribution in [-0.4, -0.2) is 44.5 Å². The van der Waals surface area contributed by atoms with E-state index in [-0.39, 0.29) is 11.3 Å². The van der Waals surface area contributed by atoms with Gasteiger partial charge in [0.1, 0.15) is 5.56 Å². The van der Waals surface area contributed by atoms with Gasteiger partial charge >= 0.3 is 5.97 Å². The van der Waals surface area contributed by atoms with Gasteiger partial charge in [0, 0.05) is 24.8 Å². The number of methoxy groups -OCH3 is 1. The van der Waals surface area contributed by atoms with Crippen LogP contribution in [-0.2, 0) is 4.74 Å². The Morgan fingerprint density at radius 2 is 2.11 bits per heavy atom. The summed E-state index contributed by atoms with van der Waals surface area (Å²) < 4.78 is 23.8. The minimum atomic E-state index is -1.21. The number of carboxylic acid groups (broad SMARTS) is 1. The van der Waals surface area contributed by atoms with Gasteiger partial charge in [-0.05, 0) is 6.07 Å². The number of hydrogen-bond acceptors (Lipinski definition) is 4. The van der Waals surface area contributed by atoms with E-state index >= 15 is 0 Å². The van der Waals surface area contributed by atoms with E-state index in [4.69, 9.17) is 14.6 Å². The molecule has 0 spiro atoms. The third-order valence-corrected chi connectivity index (χ3v) is 2.84. The molecule has 0 aliphatic carbocycles. The Kier molecular flexibility index (Phi) is 3.66. The molecule has 1 saturated heterocycles. The van der Waals surface area contributed by atoms with Crippen LogP contribution in [0.4, 0.5) is 10.1 Å². The van der Waals surface area contributed by atoms with Crippen LogP contribution < -0.4 is 9.64 Å². The van der Waals surface area contributed by atoms with Gasteiger partial charge in [0.15, 0.2) is 11.6 Å². The van der Waals surface area contributed by atoms with Crippen molar-refractivity contribution in [1.29, 1.82) is 0 Å². The van der Waals surface area contributed by atoms with Crippen LogP contribution in [0.15, 0.2) is 12.1 Å². The van der Waals surface area contributed by atoms with Crippen molar-refractivity contribution in [1.82, 2.24) is 0 Å². The lowest BCUT2D eigenvalue weighted by Crippen LogP contribution is -2.36. The van der Waals surface area contributed by atoms with Gasteiger partial charge in [-0.15, -0.1) is 0 Å². The molecule has 2 rings (SSSR count). The molecular weight excluding hydrogens is 241 g/mol. The lowest BCUT2D eigenvalue weighted by Gasteiger charge is -2.29. The van der Waals surface area contributed by atoms with E-state index in [2.05, 4.69) is 0 Å². The number of halogens is 1. The molecule has 1 aliphatic heterocycles. The number of anilines is 1. The number of nitrogens with zero attached hydrogens (tertiary/aromatic N) is 1. The smallest absolute Gasteiger partial charge is 0.339 e. The summed E-state index contributed by atoms with van der Waals surface area (Å²) in [7, 11) is 1.25. The van der Waals surface area contributed by atoms with Gasteiger partial charge in [-0.2, -0.15) is 0 Å². The number of rotatable bonds is 3. The summed E-state index contributed by atoms with van der Waals surface area (Å²) >= 11 is 0. The second-order valence-corrected chi connectivity index (χ2v) is 3.91. The van der Waals surface area contributed by atoms with Crippen LogP contribution in [0.1, 0.15) is 10.4 Å². The van der Waals surface area contributed by atoms with E-state index in [0.29, 0.717) is 32.0 Å². The van der Waals surface area contributed by atoms with E-state index < -0.39 is 11.8 Å². The van der Waals surface area contributed by atoms with E-state index in [1.807, 2.05) is 4.90 Å². The average molecular weight is 255 g/mol. The van der Waals surface area contributed by atoms with E-state index in [1.54, 1.807) is 0 Å². The summed E-state index contributed by atoms with van der Waals surface area (Å²) in [4.78, 5) is 13.0. The lowest BCUT2D eigenvalue weighted by molar-refractivity contribution is 0.0692. The molecule has 1 N–H and O–H groups in total. The first-order chi connectivity index (χ1) is 8.63.